The van der Waals surface area contributed by atoms with Crippen molar-refractivity contribution in [1.82, 2.24) is 4.98 Å². The molecule has 0 aliphatic carbocycles. The van der Waals surface area contributed by atoms with Crippen molar-refractivity contribution in [2.75, 3.05) is 17.7 Å². The zero-order chi connectivity index (χ0) is 20.7. The number of nitrogens with zero attached hydrogens (tertiary/aromatic N) is 2. The van der Waals surface area contributed by atoms with Gasteiger partial charge in [0, 0.05) is 36.1 Å². The SMILES string of the molecule is CN1C(=CC(=O)CSc2ncc(C(F)(F)F)cc2Cl)C(C)(C)c2ccccc21. The van der Waals surface area contributed by atoms with E-state index in [2.05, 4.69) is 18.8 Å². The molecule has 0 atom stereocenters. The summed E-state index contributed by atoms with van der Waals surface area (Å²) in [5.74, 6) is -0.132. The van der Waals surface area contributed by atoms with Crippen LogP contribution in [0.1, 0.15) is 25.0 Å². The number of thioether (sulfide) groups is 1. The lowest BCUT2D eigenvalue weighted by Crippen LogP contribution is -2.24. The van der Waals surface area contributed by atoms with E-state index in [0.29, 0.717) is 0 Å². The summed E-state index contributed by atoms with van der Waals surface area (Å²) < 4.78 is 38.1. The van der Waals surface area contributed by atoms with Crippen molar-refractivity contribution in [3.05, 3.63) is 64.5 Å². The standard InChI is InChI=1S/C20H18ClF3N2OS/c1-19(2)14-6-4-5-7-16(14)26(3)17(19)9-13(27)11-28-18-15(21)8-12(10-25-18)20(22,23)24/h4-10H,11H2,1-3H3. The second-order valence-electron chi connectivity index (χ2n) is 6.99. The Labute approximate surface area is 170 Å². The van der Waals surface area contributed by atoms with Gasteiger partial charge in [0.1, 0.15) is 5.03 Å². The number of halogens is 4. The lowest BCUT2D eigenvalue weighted by atomic mass is 9.83. The summed E-state index contributed by atoms with van der Waals surface area (Å²) in [6, 6.07) is 8.78. The van der Waals surface area contributed by atoms with Crippen LogP contribution in [0.3, 0.4) is 0 Å². The van der Waals surface area contributed by atoms with Crippen LogP contribution in [0.25, 0.3) is 0 Å². The number of anilines is 1. The van der Waals surface area contributed by atoms with Crippen LogP contribution in [-0.4, -0.2) is 23.6 Å². The average Bonchev–Trinajstić information content (AvgIpc) is 2.81. The third-order valence-electron chi connectivity index (χ3n) is 4.72. The fourth-order valence-corrected chi connectivity index (χ4v) is 4.30. The number of hydrogen-bond donors (Lipinski definition) is 0. The highest BCUT2D eigenvalue weighted by molar-refractivity contribution is 8.00. The number of carbonyl (C=O) groups is 1. The molecule has 0 saturated carbocycles. The number of fused-ring (bicyclic) bond motifs is 1. The lowest BCUT2D eigenvalue weighted by molar-refractivity contribution is -0.137. The minimum atomic E-state index is -4.51. The van der Waals surface area contributed by atoms with Gasteiger partial charge in [0.05, 0.1) is 16.3 Å². The third-order valence-corrected chi connectivity index (χ3v) is 6.15. The van der Waals surface area contributed by atoms with Crippen molar-refractivity contribution in [2.24, 2.45) is 0 Å². The second-order valence-corrected chi connectivity index (χ2v) is 8.37. The molecule has 1 aliphatic heterocycles. The van der Waals surface area contributed by atoms with E-state index in [1.807, 2.05) is 36.2 Å². The van der Waals surface area contributed by atoms with Crippen LogP contribution in [0.4, 0.5) is 18.9 Å². The van der Waals surface area contributed by atoms with Gasteiger partial charge in [-0.3, -0.25) is 4.79 Å². The summed E-state index contributed by atoms with van der Waals surface area (Å²) in [5.41, 5.74) is 1.81. The maximum Gasteiger partial charge on any atom is 0.417 e. The van der Waals surface area contributed by atoms with Crippen molar-refractivity contribution in [2.45, 2.75) is 30.5 Å². The van der Waals surface area contributed by atoms with Crippen molar-refractivity contribution in [1.29, 1.82) is 0 Å². The number of hydrogen-bond acceptors (Lipinski definition) is 4. The molecule has 0 unspecified atom stereocenters. The van der Waals surface area contributed by atoms with Gasteiger partial charge >= 0.3 is 6.18 Å². The highest BCUT2D eigenvalue weighted by Gasteiger charge is 2.38. The van der Waals surface area contributed by atoms with Crippen LogP contribution in [0.2, 0.25) is 5.02 Å². The number of alkyl halides is 3. The molecular weight excluding hydrogens is 409 g/mol. The summed E-state index contributed by atoms with van der Waals surface area (Å²) in [4.78, 5) is 18.3. The molecule has 0 spiro atoms. The van der Waals surface area contributed by atoms with E-state index in [1.54, 1.807) is 6.08 Å². The molecule has 1 aliphatic rings. The number of pyridine rings is 1. The molecule has 0 N–H and O–H groups in total. The van der Waals surface area contributed by atoms with Crippen LogP contribution in [0.5, 0.6) is 0 Å². The third kappa shape index (κ3) is 3.91. The van der Waals surface area contributed by atoms with Crippen molar-refractivity contribution < 1.29 is 18.0 Å². The zero-order valence-electron chi connectivity index (χ0n) is 15.5. The maximum atomic E-state index is 12.7. The van der Waals surface area contributed by atoms with Gasteiger partial charge in [-0.2, -0.15) is 13.2 Å². The molecule has 1 aromatic heterocycles. The van der Waals surface area contributed by atoms with Gasteiger partial charge in [0.15, 0.2) is 5.78 Å². The lowest BCUT2D eigenvalue weighted by Gasteiger charge is -2.23. The Hall–Kier alpha value is -1.99. The number of likely N-dealkylation sites (N-methyl/N-ethyl adjacent to an activating group) is 1. The predicted molar refractivity (Wildman–Crippen MR) is 106 cm³/mol. The molecule has 0 radical (unpaired) electrons. The fourth-order valence-electron chi connectivity index (χ4n) is 3.28. The number of benzene rings is 1. The molecule has 2 heterocycles. The minimum Gasteiger partial charge on any atom is -0.347 e. The van der Waals surface area contributed by atoms with Gasteiger partial charge in [-0.25, -0.2) is 4.98 Å². The fraction of sp³-hybridized carbons (Fsp3) is 0.300. The predicted octanol–water partition coefficient (Wildman–Crippen LogP) is 5.73. The van der Waals surface area contributed by atoms with Gasteiger partial charge in [-0.15, -0.1) is 0 Å². The van der Waals surface area contributed by atoms with E-state index in [1.165, 1.54) is 0 Å². The van der Waals surface area contributed by atoms with E-state index in [0.717, 1.165) is 41.0 Å². The van der Waals surface area contributed by atoms with Crippen LogP contribution >= 0.6 is 23.4 Å². The largest absolute Gasteiger partial charge is 0.417 e. The van der Waals surface area contributed by atoms with E-state index in [4.69, 9.17) is 11.6 Å². The van der Waals surface area contributed by atoms with Crippen LogP contribution in [0, 0.1) is 0 Å². The molecule has 148 valence electrons. The number of para-hydroxylation sites is 1. The Morgan fingerprint density at radius 2 is 2.00 bits per heavy atom. The van der Waals surface area contributed by atoms with Gasteiger partial charge in [-0.1, -0.05) is 55.4 Å². The average molecular weight is 427 g/mol. The first-order valence-electron chi connectivity index (χ1n) is 8.45. The van der Waals surface area contributed by atoms with Crippen LogP contribution in [0.15, 0.2) is 53.3 Å². The van der Waals surface area contributed by atoms with E-state index in [-0.39, 0.29) is 27.0 Å². The summed E-state index contributed by atoms with van der Waals surface area (Å²) in [6.07, 6.45) is -2.19. The van der Waals surface area contributed by atoms with Crippen molar-refractivity contribution >= 4 is 34.8 Å². The summed E-state index contributed by atoms with van der Waals surface area (Å²) in [7, 11) is 1.91. The maximum absolute atomic E-state index is 12.7. The Morgan fingerprint density at radius 1 is 1.32 bits per heavy atom. The minimum absolute atomic E-state index is 0.0296. The molecule has 0 fully saturated rings. The Bertz CT molecular complexity index is 957. The molecule has 0 saturated heterocycles. The topological polar surface area (TPSA) is 33.2 Å². The van der Waals surface area contributed by atoms with E-state index in [9.17, 15) is 18.0 Å². The summed E-state index contributed by atoms with van der Waals surface area (Å²) >= 11 is 6.92. The van der Waals surface area contributed by atoms with Gasteiger partial charge < -0.3 is 4.90 Å². The first-order chi connectivity index (χ1) is 13.0. The molecule has 8 heteroatoms. The summed E-state index contributed by atoms with van der Waals surface area (Å²) in [5, 5.41) is 0.0785. The van der Waals surface area contributed by atoms with Crippen LogP contribution in [-0.2, 0) is 16.4 Å². The first kappa shape index (κ1) is 20.7. The van der Waals surface area contributed by atoms with Crippen molar-refractivity contribution in [3.63, 3.8) is 0 Å². The van der Waals surface area contributed by atoms with Crippen LogP contribution < -0.4 is 4.90 Å². The van der Waals surface area contributed by atoms with Gasteiger partial charge in [0.2, 0.25) is 0 Å². The quantitative estimate of drug-likeness (QED) is 0.462. The Kier molecular flexibility index (Phi) is 5.51. The number of aromatic nitrogens is 1. The molecule has 2 aromatic rings. The monoisotopic (exact) mass is 426 g/mol. The normalized spacial score (nSPS) is 17.1. The molecule has 0 bridgehead atoms. The highest BCUT2D eigenvalue weighted by Crippen LogP contribution is 2.46. The molecule has 28 heavy (non-hydrogen) atoms. The number of ketones is 1. The molecule has 0 amide bonds. The smallest absolute Gasteiger partial charge is 0.347 e. The van der Waals surface area contributed by atoms with E-state index < -0.39 is 11.7 Å². The molecular formula is C20H18ClF3N2OS. The van der Waals surface area contributed by atoms with E-state index >= 15 is 0 Å². The molecule has 3 rings (SSSR count). The number of rotatable bonds is 4. The highest BCUT2D eigenvalue weighted by atomic mass is 35.5. The van der Waals surface area contributed by atoms with Crippen molar-refractivity contribution in [3.8, 4) is 0 Å². The number of carbonyl (C=O) groups excluding carboxylic acids is 1. The zero-order valence-corrected chi connectivity index (χ0v) is 17.0. The summed E-state index contributed by atoms with van der Waals surface area (Å²) in [6.45, 7) is 4.10. The second kappa shape index (κ2) is 7.44. The van der Waals surface area contributed by atoms with Gasteiger partial charge in [-0.05, 0) is 17.7 Å². The Morgan fingerprint density at radius 3 is 2.61 bits per heavy atom. The van der Waals surface area contributed by atoms with Gasteiger partial charge in [0.25, 0.3) is 0 Å². The molecule has 3 nitrogen and oxygen atoms in total. The number of allylic oxidation sites excluding steroid dienone is 2. The Balaban J connectivity index is 1.75. The first-order valence-corrected chi connectivity index (χ1v) is 9.82. The molecule has 1 aromatic carbocycles.